The lowest BCUT2D eigenvalue weighted by Gasteiger charge is -2.17. The number of hydrogen-bond donors (Lipinski definition) is 0. The molecule has 0 aliphatic heterocycles. The van der Waals surface area contributed by atoms with Crippen molar-refractivity contribution in [3.8, 4) is 0 Å². The van der Waals surface area contributed by atoms with Gasteiger partial charge in [-0.05, 0) is 35.9 Å². The third kappa shape index (κ3) is 5.10. The van der Waals surface area contributed by atoms with Crippen LogP contribution in [0.5, 0.6) is 0 Å². The molecule has 0 aromatic heterocycles. The van der Waals surface area contributed by atoms with Gasteiger partial charge < -0.3 is 0 Å². The Morgan fingerprint density at radius 3 is 2.37 bits per heavy atom. The van der Waals surface area contributed by atoms with E-state index in [9.17, 15) is 18.5 Å². The molecule has 3 aromatic carbocycles. The average Bonchev–Trinajstić information content (AvgIpc) is 2.74. The molecule has 0 heterocycles. The van der Waals surface area contributed by atoms with Crippen molar-refractivity contribution in [1.29, 1.82) is 0 Å². The van der Waals surface area contributed by atoms with Gasteiger partial charge in [-0.15, -0.1) is 0 Å². The number of non-ortho nitro benzene ring substituents is 1. The van der Waals surface area contributed by atoms with Crippen LogP contribution in [0, 0.1) is 10.1 Å². The highest BCUT2D eigenvalue weighted by Crippen LogP contribution is 2.23. The van der Waals surface area contributed by atoms with Crippen LogP contribution >= 0.6 is 11.6 Å². The molecule has 0 spiro atoms. The molecule has 0 amide bonds. The minimum Gasteiger partial charge on any atom is -0.258 e. The fraction of sp³-hybridized carbons (Fsp3) is 0.0952. The molecule has 0 atom stereocenters. The van der Waals surface area contributed by atoms with Crippen molar-refractivity contribution in [2.75, 3.05) is 7.05 Å². The van der Waals surface area contributed by atoms with Crippen LogP contribution in [-0.2, 0) is 16.6 Å². The summed E-state index contributed by atoms with van der Waals surface area (Å²) >= 11 is 6.05. The van der Waals surface area contributed by atoms with Crippen molar-refractivity contribution in [2.45, 2.75) is 11.4 Å². The second-order valence-electron chi connectivity index (χ2n) is 6.46. The molecular weight excluding hydrogens is 426 g/mol. The van der Waals surface area contributed by atoms with E-state index in [4.69, 9.17) is 11.6 Å². The van der Waals surface area contributed by atoms with Crippen molar-refractivity contribution in [2.24, 2.45) is 4.99 Å². The third-order valence-corrected chi connectivity index (χ3v) is 6.50. The monoisotopic (exact) mass is 443 g/mol. The van der Waals surface area contributed by atoms with Crippen LogP contribution in [-0.4, -0.2) is 30.9 Å². The molecule has 0 N–H and O–H groups in total. The summed E-state index contributed by atoms with van der Waals surface area (Å²) in [6.07, 6.45) is 1.40. The number of hydrogen-bond acceptors (Lipinski definition) is 5. The van der Waals surface area contributed by atoms with E-state index in [-0.39, 0.29) is 17.1 Å². The van der Waals surface area contributed by atoms with Crippen LogP contribution in [0.25, 0.3) is 0 Å². The number of nitrogens with zero attached hydrogens (tertiary/aromatic N) is 3. The first-order valence-electron chi connectivity index (χ1n) is 8.86. The zero-order chi connectivity index (χ0) is 21.7. The first-order valence-corrected chi connectivity index (χ1v) is 10.7. The number of rotatable bonds is 7. The van der Waals surface area contributed by atoms with E-state index in [0.29, 0.717) is 16.3 Å². The number of nitro groups is 1. The summed E-state index contributed by atoms with van der Waals surface area (Å²) in [7, 11) is -2.13. The number of aliphatic imine (C=N–C) groups is 1. The van der Waals surface area contributed by atoms with Crippen LogP contribution in [0.4, 0.5) is 11.4 Å². The van der Waals surface area contributed by atoms with Crippen LogP contribution in [0.3, 0.4) is 0 Å². The van der Waals surface area contributed by atoms with E-state index >= 15 is 0 Å². The number of sulfonamides is 1. The highest BCUT2D eigenvalue weighted by atomic mass is 35.5. The Kier molecular flexibility index (Phi) is 6.61. The Hall–Kier alpha value is -3.07. The van der Waals surface area contributed by atoms with E-state index in [1.54, 1.807) is 12.1 Å². The van der Waals surface area contributed by atoms with E-state index in [0.717, 1.165) is 5.56 Å². The molecule has 154 valence electrons. The molecular formula is C21H18ClN3O4S. The summed E-state index contributed by atoms with van der Waals surface area (Å²) in [5.41, 5.74) is 1.68. The lowest BCUT2D eigenvalue weighted by molar-refractivity contribution is -0.384. The topological polar surface area (TPSA) is 92.9 Å². The Labute approximate surface area is 179 Å². The normalized spacial score (nSPS) is 11.8. The Bertz CT molecular complexity index is 1180. The molecule has 0 saturated carbocycles. The van der Waals surface area contributed by atoms with Gasteiger partial charge in [0.2, 0.25) is 10.0 Å². The Morgan fingerprint density at radius 1 is 1.07 bits per heavy atom. The molecule has 0 radical (unpaired) electrons. The maximum absolute atomic E-state index is 12.8. The lowest BCUT2D eigenvalue weighted by atomic mass is 10.2. The molecule has 0 unspecified atom stereocenters. The predicted octanol–water partition coefficient (Wildman–Crippen LogP) is 4.82. The smallest absolute Gasteiger partial charge is 0.258 e. The highest BCUT2D eigenvalue weighted by molar-refractivity contribution is 7.89. The van der Waals surface area contributed by atoms with Gasteiger partial charge in [0, 0.05) is 42.5 Å². The summed E-state index contributed by atoms with van der Waals surface area (Å²) < 4.78 is 26.8. The fourth-order valence-corrected chi connectivity index (χ4v) is 4.02. The molecule has 0 saturated heterocycles. The van der Waals surface area contributed by atoms with Crippen molar-refractivity contribution in [3.63, 3.8) is 0 Å². The Balaban J connectivity index is 1.77. The first-order chi connectivity index (χ1) is 14.3. The van der Waals surface area contributed by atoms with Gasteiger partial charge in [0.05, 0.1) is 15.5 Å². The quantitative estimate of drug-likeness (QED) is 0.297. The predicted molar refractivity (Wildman–Crippen MR) is 117 cm³/mol. The van der Waals surface area contributed by atoms with Gasteiger partial charge in [-0.25, -0.2) is 8.42 Å². The lowest BCUT2D eigenvalue weighted by Crippen LogP contribution is -2.26. The van der Waals surface area contributed by atoms with Gasteiger partial charge in [-0.2, -0.15) is 4.31 Å². The summed E-state index contributed by atoms with van der Waals surface area (Å²) in [5, 5.41) is 11.2. The highest BCUT2D eigenvalue weighted by Gasteiger charge is 2.20. The zero-order valence-corrected chi connectivity index (χ0v) is 17.5. The summed E-state index contributed by atoms with van der Waals surface area (Å²) in [6.45, 7) is 0.258. The van der Waals surface area contributed by atoms with Crippen molar-refractivity contribution >= 4 is 39.2 Å². The minimum absolute atomic E-state index is 0.0938. The fourth-order valence-electron chi connectivity index (χ4n) is 2.70. The van der Waals surface area contributed by atoms with Gasteiger partial charge in [0.25, 0.3) is 5.69 Å². The maximum Gasteiger partial charge on any atom is 0.270 e. The van der Waals surface area contributed by atoms with E-state index in [2.05, 4.69) is 4.99 Å². The molecule has 30 heavy (non-hydrogen) atoms. The molecule has 0 aliphatic carbocycles. The Morgan fingerprint density at radius 2 is 1.73 bits per heavy atom. The van der Waals surface area contributed by atoms with Gasteiger partial charge in [-0.1, -0.05) is 41.9 Å². The van der Waals surface area contributed by atoms with Crippen LogP contribution in [0.15, 0.2) is 82.7 Å². The second kappa shape index (κ2) is 9.17. The first kappa shape index (κ1) is 21.6. The molecule has 3 rings (SSSR count). The summed E-state index contributed by atoms with van der Waals surface area (Å²) in [4.78, 5) is 14.8. The third-order valence-electron chi connectivity index (χ3n) is 4.34. The molecule has 0 bridgehead atoms. The number of nitro benzene ring substituents is 1. The van der Waals surface area contributed by atoms with Gasteiger partial charge in [0.1, 0.15) is 0 Å². The van der Waals surface area contributed by atoms with Gasteiger partial charge >= 0.3 is 0 Å². The van der Waals surface area contributed by atoms with Crippen molar-refractivity contribution < 1.29 is 13.3 Å². The molecule has 3 aromatic rings. The van der Waals surface area contributed by atoms with Crippen LogP contribution in [0.2, 0.25) is 5.02 Å². The summed E-state index contributed by atoms with van der Waals surface area (Å²) in [5.74, 6) is 0. The maximum atomic E-state index is 12.8. The van der Waals surface area contributed by atoms with Crippen LogP contribution in [0.1, 0.15) is 11.1 Å². The van der Waals surface area contributed by atoms with E-state index < -0.39 is 14.9 Å². The van der Waals surface area contributed by atoms with Crippen molar-refractivity contribution in [1.82, 2.24) is 4.31 Å². The molecule has 9 heteroatoms. The largest absolute Gasteiger partial charge is 0.270 e. The minimum atomic E-state index is -3.66. The number of benzene rings is 3. The molecule has 0 aliphatic rings. The average molecular weight is 444 g/mol. The summed E-state index contributed by atoms with van der Waals surface area (Å²) in [6, 6.07) is 19.4. The van der Waals surface area contributed by atoms with Gasteiger partial charge in [-0.3, -0.25) is 15.1 Å². The van der Waals surface area contributed by atoms with Crippen LogP contribution < -0.4 is 0 Å². The van der Waals surface area contributed by atoms with E-state index in [1.165, 1.54) is 47.9 Å². The number of halogens is 1. The molecule has 0 fully saturated rings. The molecule has 7 nitrogen and oxygen atoms in total. The second-order valence-corrected chi connectivity index (χ2v) is 8.91. The van der Waals surface area contributed by atoms with Gasteiger partial charge in [0.15, 0.2) is 0 Å². The van der Waals surface area contributed by atoms with E-state index in [1.807, 2.05) is 30.3 Å². The zero-order valence-electron chi connectivity index (χ0n) is 16.0. The van der Waals surface area contributed by atoms with Crippen molar-refractivity contribution in [3.05, 3.63) is 99.1 Å². The standard InChI is InChI=1S/C21H18ClN3O4S/c1-24(15-16-5-3-2-4-6-16)30(28,29)20-10-7-18(8-11-20)23-14-17-13-19(25(26)27)9-12-21(17)22/h2-14H,15H2,1H3. The SMILES string of the molecule is CN(Cc1ccccc1)S(=O)(=O)c1ccc(N=Cc2cc([N+](=O)[O-])ccc2Cl)cc1.